The summed E-state index contributed by atoms with van der Waals surface area (Å²) in [4.78, 5) is 12.6. The Balaban J connectivity index is 1.54. The van der Waals surface area contributed by atoms with Gasteiger partial charge in [0.15, 0.2) is 0 Å². The number of ketones is 1. The van der Waals surface area contributed by atoms with Crippen molar-refractivity contribution < 1.29 is 9.53 Å². The van der Waals surface area contributed by atoms with Crippen molar-refractivity contribution >= 4 is 29.3 Å². The number of thioether (sulfide) groups is 2. The number of Topliss-reactive ketones (excluding diaryl/α,β-unsaturated/α-hetero) is 1. The highest BCUT2D eigenvalue weighted by atomic mass is 32.2. The molecule has 4 heteroatoms. The van der Waals surface area contributed by atoms with Crippen LogP contribution in [-0.2, 0) is 9.53 Å². The van der Waals surface area contributed by atoms with Crippen molar-refractivity contribution in [2.24, 2.45) is 11.8 Å². The second-order valence-corrected chi connectivity index (χ2v) is 9.01. The zero-order chi connectivity index (χ0) is 13.8. The monoisotopic (exact) mass is 314 g/mol. The molecule has 0 aliphatic carbocycles. The molecule has 20 heavy (non-hydrogen) atoms. The van der Waals surface area contributed by atoms with Crippen molar-refractivity contribution in [2.75, 3.05) is 29.6 Å². The van der Waals surface area contributed by atoms with Crippen LogP contribution >= 0.6 is 23.5 Å². The Bertz CT molecular complexity index is 328. The Morgan fingerprint density at radius 3 is 2.50 bits per heavy atom. The van der Waals surface area contributed by atoms with E-state index in [4.69, 9.17) is 4.74 Å². The molecule has 0 aromatic carbocycles. The Hall–Kier alpha value is 0.330. The van der Waals surface area contributed by atoms with Gasteiger partial charge in [-0.15, -0.1) is 0 Å². The summed E-state index contributed by atoms with van der Waals surface area (Å²) in [5.41, 5.74) is 0.0617. The minimum Gasteiger partial charge on any atom is -0.375 e. The summed E-state index contributed by atoms with van der Waals surface area (Å²) in [5.74, 6) is 6.44. The maximum atomic E-state index is 12.6. The van der Waals surface area contributed by atoms with E-state index in [2.05, 4.69) is 0 Å². The molecule has 3 rings (SSSR count). The fourth-order valence-corrected chi connectivity index (χ4v) is 6.24. The third-order valence-corrected chi connectivity index (χ3v) is 7.22. The van der Waals surface area contributed by atoms with Gasteiger partial charge in [-0.3, -0.25) is 4.79 Å². The minimum atomic E-state index is 0.0617. The van der Waals surface area contributed by atoms with Gasteiger partial charge in [-0.05, 0) is 67.5 Å². The summed E-state index contributed by atoms with van der Waals surface area (Å²) in [7, 11) is 0. The molecule has 0 amide bonds. The van der Waals surface area contributed by atoms with Crippen molar-refractivity contribution in [2.45, 2.75) is 50.5 Å². The lowest BCUT2D eigenvalue weighted by atomic mass is 9.78. The molecule has 1 spiro atoms. The van der Waals surface area contributed by atoms with Gasteiger partial charge in [-0.1, -0.05) is 0 Å². The van der Waals surface area contributed by atoms with Gasteiger partial charge in [0.05, 0.1) is 5.60 Å². The van der Waals surface area contributed by atoms with Gasteiger partial charge in [0.25, 0.3) is 0 Å². The quantitative estimate of drug-likeness (QED) is 0.792. The predicted octanol–water partition coefficient (Wildman–Crippen LogP) is 3.78. The van der Waals surface area contributed by atoms with Gasteiger partial charge in [-0.2, -0.15) is 23.5 Å². The Kier molecular flexibility index (Phi) is 5.38. The first-order valence-corrected chi connectivity index (χ1v) is 10.4. The van der Waals surface area contributed by atoms with Crippen LogP contribution in [-0.4, -0.2) is 41.0 Å². The Morgan fingerprint density at radius 1 is 1.05 bits per heavy atom. The molecule has 1 unspecified atom stereocenters. The second-order valence-electron chi connectivity index (χ2n) is 6.56. The molecule has 0 saturated carbocycles. The zero-order valence-corrected chi connectivity index (χ0v) is 13.9. The third kappa shape index (κ3) is 3.75. The van der Waals surface area contributed by atoms with Crippen LogP contribution < -0.4 is 0 Å². The van der Waals surface area contributed by atoms with Gasteiger partial charge >= 0.3 is 0 Å². The van der Waals surface area contributed by atoms with E-state index in [0.29, 0.717) is 17.6 Å². The van der Waals surface area contributed by atoms with Crippen LogP contribution in [0.3, 0.4) is 0 Å². The summed E-state index contributed by atoms with van der Waals surface area (Å²) >= 11 is 4.08. The van der Waals surface area contributed by atoms with Crippen LogP contribution in [0.2, 0.25) is 0 Å². The van der Waals surface area contributed by atoms with Gasteiger partial charge in [-0.25, -0.2) is 0 Å². The fraction of sp³-hybridized carbons (Fsp3) is 0.938. The number of carbonyl (C=O) groups excluding carboxylic acids is 1. The zero-order valence-electron chi connectivity index (χ0n) is 12.3. The van der Waals surface area contributed by atoms with E-state index < -0.39 is 0 Å². The van der Waals surface area contributed by atoms with Gasteiger partial charge < -0.3 is 4.74 Å². The molecule has 0 N–H and O–H groups in total. The minimum absolute atomic E-state index is 0.0617. The molecular weight excluding hydrogens is 288 g/mol. The van der Waals surface area contributed by atoms with Crippen molar-refractivity contribution in [1.29, 1.82) is 0 Å². The molecule has 3 aliphatic rings. The molecule has 2 nitrogen and oxygen atoms in total. The maximum Gasteiger partial charge on any atom is 0.136 e. The largest absolute Gasteiger partial charge is 0.375 e. The molecule has 3 fully saturated rings. The Labute approximate surface area is 131 Å². The highest BCUT2D eigenvalue weighted by molar-refractivity contribution is 7.99. The molecule has 3 heterocycles. The van der Waals surface area contributed by atoms with Crippen LogP contribution in [0.1, 0.15) is 44.9 Å². The number of carbonyl (C=O) groups is 1. The standard InChI is InChI=1S/C16H26O2S2/c17-15(11-13-2-7-19-8-3-13)14-1-6-18-16(12-14)4-9-20-10-5-16/h13-14H,1-12H2. The first kappa shape index (κ1) is 15.2. The van der Waals surface area contributed by atoms with Crippen molar-refractivity contribution in [1.82, 2.24) is 0 Å². The molecule has 0 aromatic rings. The normalized spacial score (nSPS) is 31.3. The third-order valence-electron chi connectivity index (χ3n) is 5.18. The molecular formula is C16H26O2S2. The van der Waals surface area contributed by atoms with Crippen molar-refractivity contribution in [3.05, 3.63) is 0 Å². The van der Waals surface area contributed by atoms with E-state index >= 15 is 0 Å². The van der Waals surface area contributed by atoms with Crippen LogP contribution in [0, 0.1) is 11.8 Å². The summed E-state index contributed by atoms with van der Waals surface area (Å²) in [6, 6.07) is 0. The van der Waals surface area contributed by atoms with Gasteiger partial charge in [0.1, 0.15) is 5.78 Å². The maximum absolute atomic E-state index is 12.6. The molecule has 1 atom stereocenters. The molecule has 0 radical (unpaired) electrons. The summed E-state index contributed by atoms with van der Waals surface area (Å²) in [6.07, 6.45) is 7.63. The van der Waals surface area contributed by atoms with E-state index in [9.17, 15) is 4.79 Å². The van der Waals surface area contributed by atoms with E-state index in [1.165, 1.54) is 35.9 Å². The number of hydrogen-bond donors (Lipinski definition) is 0. The first-order valence-electron chi connectivity index (χ1n) is 8.10. The molecule has 3 aliphatic heterocycles. The van der Waals surface area contributed by atoms with Crippen LogP contribution in [0.25, 0.3) is 0 Å². The average Bonchev–Trinajstić information content (AvgIpc) is 2.49. The SMILES string of the molecule is O=C(CC1CCSCC1)C1CCOC2(CCSCC2)C1. The average molecular weight is 315 g/mol. The highest BCUT2D eigenvalue weighted by Crippen LogP contribution is 2.40. The smallest absolute Gasteiger partial charge is 0.136 e. The van der Waals surface area contributed by atoms with Gasteiger partial charge in [0.2, 0.25) is 0 Å². The van der Waals surface area contributed by atoms with Crippen molar-refractivity contribution in [3.8, 4) is 0 Å². The molecule has 114 valence electrons. The summed E-state index contributed by atoms with van der Waals surface area (Å²) < 4.78 is 6.11. The summed E-state index contributed by atoms with van der Waals surface area (Å²) in [5, 5.41) is 0. The lowest BCUT2D eigenvalue weighted by molar-refractivity contribution is -0.139. The first-order chi connectivity index (χ1) is 9.77. The fourth-order valence-electron chi connectivity index (χ4n) is 3.80. The lowest BCUT2D eigenvalue weighted by Crippen LogP contribution is -2.44. The molecule has 3 saturated heterocycles. The van der Waals surface area contributed by atoms with Crippen LogP contribution in [0.5, 0.6) is 0 Å². The lowest BCUT2D eigenvalue weighted by Gasteiger charge is -2.43. The number of hydrogen-bond acceptors (Lipinski definition) is 4. The van der Waals surface area contributed by atoms with E-state index in [1.54, 1.807) is 0 Å². The van der Waals surface area contributed by atoms with E-state index in [-0.39, 0.29) is 5.60 Å². The molecule has 0 aromatic heterocycles. The Morgan fingerprint density at radius 2 is 1.75 bits per heavy atom. The van der Waals surface area contributed by atoms with Crippen molar-refractivity contribution in [3.63, 3.8) is 0 Å². The van der Waals surface area contributed by atoms with E-state index in [0.717, 1.165) is 38.7 Å². The summed E-state index contributed by atoms with van der Waals surface area (Å²) in [6.45, 7) is 0.807. The topological polar surface area (TPSA) is 26.3 Å². The predicted molar refractivity (Wildman–Crippen MR) is 87.6 cm³/mol. The van der Waals surface area contributed by atoms with Crippen LogP contribution in [0.15, 0.2) is 0 Å². The highest BCUT2D eigenvalue weighted by Gasteiger charge is 2.41. The van der Waals surface area contributed by atoms with E-state index in [1.807, 2.05) is 23.5 Å². The van der Waals surface area contributed by atoms with Crippen LogP contribution in [0.4, 0.5) is 0 Å². The second kappa shape index (κ2) is 7.06. The number of ether oxygens (including phenoxy) is 1. The molecule has 0 bridgehead atoms. The van der Waals surface area contributed by atoms with Gasteiger partial charge in [0, 0.05) is 18.9 Å². The number of rotatable bonds is 3.